The molecular weight excluding hydrogens is 616 g/mol. The largest absolute Gasteiger partial charge is 0.462 e. The standard InChI is InChI=1S/C33H42Cl2FN7O2/c1-40(2)17-27-29(35)28-18-41(11-5-13-43(28)39-27)30-23-19-45-33(10-8-22-24(33)6-3-7-25(22)34)15-26(23)37-31(38-30)44-20-32-9-4-12-42(32)16-21(36)14-32/h3,6-7,21,23,26H,4-5,8-20H2,1-2H3/t21?,23?,26?,32-,33-/m0/s1. The van der Waals surface area contributed by atoms with Gasteiger partial charge in [0.05, 0.1) is 52.7 Å². The van der Waals surface area contributed by atoms with Gasteiger partial charge in [0.1, 0.15) is 18.6 Å². The second-order valence-electron chi connectivity index (χ2n) is 14.1. The Morgan fingerprint density at radius 1 is 1.13 bits per heavy atom. The predicted molar refractivity (Wildman–Crippen MR) is 173 cm³/mol. The fourth-order valence-electron chi connectivity index (χ4n) is 8.85. The van der Waals surface area contributed by atoms with Gasteiger partial charge in [-0.2, -0.15) is 10.1 Å². The van der Waals surface area contributed by atoms with Crippen LogP contribution in [0.15, 0.2) is 28.2 Å². The molecule has 242 valence electrons. The quantitative estimate of drug-likeness (QED) is 0.458. The smallest absolute Gasteiger partial charge is 0.313 e. The number of benzene rings is 1. The molecule has 9 nitrogen and oxygen atoms in total. The molecule has 1 aromatic heterocycles. The summed E-state index contributed by atoms with van der Waals surface area (Å²) in [6.07, 6.45) is 5.16. The summed E-state index contributed by atoms with van der Waals surface area (Å²) in [6.45, 7) is 5.27. The second kappa shape index (κ2) is 11.5. The Bertz CT molecular complexity index is 1550. The van der Waals surface area contributed by atoms with Crippen molar-refractivity contribution in [2.45, 2.75) is 87.9 Å². The van der Waals surface area contributed by atoms with E-state index in [0.717, 1.165) is 85.4 Å². The molecule has 0 saturated carbocycles. The number of ether oxygens (including phenoxy) is 2. The first kappa shape index (κ1) is 30.1. The highest BCUT2D eigenvalue weighted by Crippen LogP contribution is 2.50. The first-order valence-corrected chi connectivity index (χ1v) is 17.2. The van der Waals surface area contributed by atoms with Gasteiger partial charge in [0.15, 0.2) is 0 Å². The highest BCUT2D eigenvalue weighted by Gasteiger charge is 2.52. The van der Waals surface area contributed by atoms with E-state index < -0.39 is 11.8 Å². The van der Waals surface area contributed by atoms with Gasteiger partial charge in [-0.25, -0.2) is 9.38 Å². The Kier molecular flexibility index (Phi) is 7.68. The van der Waals surface area contributed by atoms with Gasteiger partial charge in [0.2, 0.25) is 0 Å². The van der Waals surface area contributed by atoms with Crippen molar-refractivity contribution in [3.8, 4) is 0 Å². The molecule has 5 atom stereocenters. The van der Waals surface area contributed by atoms with Crippen LogP contribution in [0.25, 0.3) is 0 Å². The summed E-state index contributed by atoms with van der Waals surface area (Å²) < 4.78 is 30.0. The van der Waals surface area contributed by atoms with Crippen molar-refractivity contribution in [1.29, 1.82) is 0 Å². The number of nitrogens with zero attached hydrogens (tertiary/aromatic N) is 7. The molecule has 45 heavy (non-hydrogen) atoms. The number of fused-ring (bicyclic) bond motifs is 5. The SMILES string of the molecule is CN(C)Cc1nn2c(c1Cl)CN(C1=NC(OC[C@@]34CCCN3CC(F)C4)=NC3C[C@]4(CCc5c(Cl)cccc54)OCC13)CCC2. The second-order valence-corrected chi connectivity index (χ2v) is 14.9. The van der Waals surface area contributed by atoms with E-state index in [0.29, 0.717) is 45.3 Å². The zero-order valence-electron chi connectivity index (χ0n) is 26.2. The molecule has 3 fully saturated rings. The molecule has 2 aromatic rings. The predicted octanol–water partition coefficient (Wildman–Crippen LogP) is 5.07. The van der Waals surface area contributed by atoms with Gasteiger partial charge in [0.25, 0.3) is 0 Å². The normalized spacial score (nSPS) is 32.7. The van der Waals surface area contributed by atoms with E-state index in [1.165, 1.54) is 11.1 Å². The van der Waals surface area contributed by atoms with E-state index in [1.54, 1.807) is 0 Å². The fourth-order valence-corrected chi connectivity index (χ4v) is 9.38. The maximum Gasteiger partial charge on any atom is 0.313 e. The molecule has 0 amide bonds. The summed E-state index contributed by atoms with van der Waals surface area (Å²) in [6, 6.07) is 6.51. The van der Waals surface area contributed by atoms with Crippen LogP contribution in [0.1, 0.15) is 61.0 Å². The number of rotatable bonds is 4. The third-order valence-corrected chi connectivity index (χ3v) is 11.8. The molecular formula is C33H42Cl2FN7O2. The lowest BCUT2D eigenvalue weighted by molar-refractivity contribution is -0.102. The van der Waals surface area contributed by atoms with Crippen LogP contribution in [0, 0.1) is 5.92 Å². The van der Waals surface area contributed by atoms with Gasteiger partial charge < -0.3 is 19.3 Å². The summed E-state index contributed by atoms with van der Waals surface area (Å²) in [7, 11) is 4.06. The number of hydrogen-bond acceptors (Lipinski definition) is 8. The van der Waals surface area contributed by atoms with E-state index in [9.17, 15) is 4.39 Å². The Labute approximate surface area is 274 Å². The first-order chi connectivity index (χ1) is 21.7. The lowest BCUT2D eigenvalue weighted by atomic mass is 9.80. The number of hydrogen-bond donors (Lipinski definition) is 0. The molecule has 6 heterocycles. The van der Waals surface area contributed by atoms with Gasteiger partial charge in [-0.3, -0.25) is 9.58 Å². The molecule has 3 saturated heterocycles. The van der Waals surface area contributed by atoms with Crippen molar-refractivity contribution < 1.29 is 13.9 Å². The van der Waals surface area contributed by atoms with Gasteiger partial charge in [-0.15, -0.1) is 0 Å². The van der Waals surface area contributed by atoms with E-state index in [-0.39, 0.29) is 17.5 Å². The molecule has 1 spiro atoms. The fraction of sp³-hybridized carbons (Fsp3) is 0.667. The minimum Gasteiger partial charge on any atom is -0.462 e. The number of aliphatic imine (C=N–C) groups is 2. The summed E-state index contributed by atoms with van der Waals surface area (Å²) in [5, 5.41) is 6.41. The number of alkyl halides is 1. The molecule has 8 rings (SSSR count). The third-order valence-electron chi connectivity index (χ3n) is 11.0. The third kappa shape index (κ3) is 5.19. The van der Waals surface area contributed by atoms with E-state index in [2.05, 4.69) is 25.4 Å². The van der Waals surface area contributed by atoms with Gasteiger partial charge >= 0.3 is 6.02 Å². The van der Waals surface area contributed by atoms with Crippen LogP contribution in [0.4, 0.5) is 4.39 Å². The molecule has 1 aromatic carbocycles. The molecule has 0 N–H and O–H groups in total. The number of aromatic nitrogens is 2. The average Bonchev–Trinajstić information content (AvgIpc) is 3.68. The van der Waals surface area contributed by atoms with Crippen molar-refractivity contribution in [3.05, 3.63) is 50.8 Å². The van der Waals surface area contributed by atoms with Crippen LogP contribution in [0.5, 0.6) is 0 Å². The maximum absolute atomic E-state index is 14.6. The lowest BCUT2D eigenvalue weighted by Gasteiger charge is -2.45. The summed E-state index contributed by atoms with van der Waals surface area (Å²) in [5.74, 6) is 0.933. The van der Waals surface area contributed by atoms with Crippen LogP contribution >= 0.6 is 23.2 Å². The van der Waals surface area contributed by atoms with Crippen molar-refractivity contribution in [1.82, 2.24) is 24.5 Å². The Morgan fingerprint density at radius 2 is 2.02 bits per heavy atom. The number of amidine groups is 2. The first-order valence-electron chi connectivity index (χ1n) is 16.5. The van der Waals surface area contributed by atoms with Gasteiger partial charge in [0, 0.05) is 44.0 Å². The van der Waals surface area contributed by atoms with Crippen LogP contribution in [0.2, 0.25) is 10.0 Å². The monoisotopic (exact) mass is 657 g/mol. The molecule has 0 radical (unpaired) electrons. The summed E-state index contributed by atoms with van der Waals surface area (Å²) in [5.41, 5.74) is 3.61. The molecule has 5 aliphatic heterocycles. The van der Waals surface area contributed by atoms with Crippen LogP contribution in [-0.2, 0) is 41.1 Å². The minimum atomic E-state index is -0.806. The van der Waals surface area contributed by atoms with Crippen molar-refractivity contribution >= 4 is 35.1 Å². The molecule has 1 aliphatic carbocycles. The Hall–Kier alpha value is -2.24. The van der Waals surface area contributed by atoms with Gasteiger partial charge in [-0.1, -0.05) is 35.3 Å². The summed E-state index contributed by atoms with van der Waals surface area (Å²) in [4.78, 5) is 17.0. The van der Waals surface area contributed by atoms with Crippen LogP contribution < -0.4 is 0 Å². The zero-order chi connectivity index (χ0) is 30.9. The minimum absolute atomic E-state index is 0.0106. The lowest BCUT2D eigenvalue weighted by Crippen LogP contribution is -2.52. The van der Waals surface area contributed by atoms with Crippen molar-refractivity contribution in [2.24, 2.45) is 15.9 Å². The van der Waals surface area contributed by atoms with Crippen LogP contribution in [-0.4, -0.2) is 101 Å². The number of aryl methyl sites for hydroxylation is 1. The highest BCUT2D eigenvalue weighted by molar-refractivity contribution is 6.32. The highest BCUT2D eigenvalue weighted by atomic mass is 35.5. The van der Waals surface area contributed by atoms with Crippen molar-refractivity contribution in [3.63, 3.8) is 0 Å². The van der Waals surface area contributed by atoms with Crippen LogP contribution in [0.3, 0.4) is 0 Å². The molecule has 0 bridgehead atoms. The average molecular weight is 659 g/mol. The molecule has 6 aliphatic rings. The van der Waals surface area contributed by atoms with E-state index in [1.807, 2.05) is 26.2 Å². The molecule has 12 heteroatoms. The Balaban J connectivity index is 1.11. The number of halogens is 3. The van der Waals surface area contributed by atoms with Gasteiger partial charge in [-0.05, 0) is 69.9 Å². The maximum atomic E-state index is 14.6. The summed E-state index contributed by atoms with van der Waals surface area (Å²) >= 11 is 13.6. The van der Waals surface area contributed by atoms with Crippen molar-refractivity contribution in [2.75, 3.05) is 46.9 Å². The zero-order valence-corrected chi connectivity index (χ0v) is 27.7. The molecule has 3 unspecified atom stereocenters. The van der Waals surface area contributed by atoms with E-state index in [4.69, 9.17) is 47.8 Å². The topological polar surface area (TPSA) is 70.7 Å². The Morgan fingerprint density at radius 3 is 2.89 bits per heavy atom. The van der Waals surface area contributed by atoms with E-state index >= 15 is 0 Å².